The Balaban J connectivity index is 2.20. The third kappa shape index (κ3) is 2.32. The van der Waals surface area contributed by atoms with Crippen molar-refractivity contribution in [2.45, 2.75) is 6.42 Å². The highest BCUT2D eigenvalue weighted by molar-refractivity contribution is 5.51. The van der Waals surface area contributed by atoms with Crippen LogP contribution in [0.2, 0.25) is 0 Å². The number of pyridine rings is 1. The van der Waals surface area contributed by atoms with E-state index in [2.05, 4.69) is 9.88 Å². The maximum Gasteiger partial charge on any atom is 0.141 e. The first-order chi connectivity index (χ1) is 8.28. The number of hydrogen-bond donors (Lipinski definition) is 1. The Bertz CT molecular complexity index is 442. The molecule has 1 atom stereocenters. The van der Waals surface area contributed by atoms with Crippen LogP contribution in [0.3, 0.4) is 0 Å². The van der Waals surface area contributed by atoms with Gasteiger partial charge in [-0.15, -0.1) is 0 Å². The van der Waals surface area contributed by atoms with Gasteiger partial charge in [0.2, 0.25) is 0 Å². The van der Waals surface area contributed by atoms with Gasteiger partial charge in [0.25, 0.3) is 0 Å². The molecule has 0 radical (unpaired) electrons. The number of hydrogen-bond acceptors (Lipinski definition) is 5. The van der Waals surface area contributed by atoms with Crippen LogP contribution >= 0.6 is 0 Å². The first-order valence-electron chi connectivity index (χ1n) is 5.58. The summed E-state index contributed by atoms with van der Waals surface area (Å²) in [7, 11) is 1.54. The number of ether oxygens (including phenoxy) is 1. The third-order valence-corrected chi connectivity index (χ3v) is 3.06. The summed E-state index contributed by atoms with van der Waals surface area (Å²) in [6.07, 6.45) is 2.50. The molecule has 1 saturated heterocycles. The molecule has 2 rings (SSSR count). The molecule has 90 valence electrons. The predicted octanol–water partition coefficient (Wildman–Crippen LogP) is 0.780. The van der Waals surface area contributed by atoms with Gasteiger partial charge in [-0.3, -0.25) is 0 Å². The molecule has 0 bridgehead atoms. The zero-order valence-electron chi connectivity index (χ0n) is 9.76. The van der Waals surface area contributed by atoms with Crippen molar-refractivity contribution in [2.24, 2.45) is 5.92 Å². The van der Waals surface area contributed by atoms with Crippen LogP contribution in [-0.4, -0.2) is 36.9 Å². The molecule has 0 aliphatic carbocycles. The van der Waals surface area contributed by atoms with E-state index in [0.717, 1.165) is 25.3 Å². The van der Waals surface area contributed by atoms with Gasteiger partial charge in [0.1, 0.15) is 23.2 Å². The number of nitriles is 1. The fourth-order valence-corrected chi connectivity index (χ4v) is 2.04. The summed E-state index contributed by atoms with van der Waals surface area (Å²) >= 11 is 0. The van der Waals surface area contributed by atoms with Crippen molar-refractivity contribution in [3.05, 3.63) is 17.8 Å². The van der Waals surface area contributed by atoms with Gasteiger partial charge >= 0.3 is 0 Å². The second-order valence-corrected chi connectivity index (χ2v) is 4.14. The Morgan fingerprint density at radius 3 is 3.12 bits per heavy atom. The van der Waals surface area contributed by atoms with Crippen LogP contribution in [0.1, 0.15) is 12.0 Å². The van der Waals surface area contributed by atoms with Crippen molar-refractivity contribution in [1.29, 1.82) is 5.26 Å². The molecule has 1 aliphatic rings. The zero-order valence-corrected chi connectivity index (χ0v) is 9.76. The molecule has 0 amide bonds. The molecule has 1 aromatic rings. The van der Waals surface area contributed by atoms with Gasteiger partial charge in [-0.25, -0.2) is 4.98 Å². The van der Waals surface area contributed by atoms with Crippen molar-refractivity contribution in [3.8, 4) is 11.8 Å². The average molecular weight is 233 g/mol. The van der Waals surface area contributed by atoms with E-state index < -0.39 is 0 Å². The molecule has 0 spiro atoms. The van der Waals surface area contributed by atoms with Crippen LogP contribution in [0.4, 0.5) is 5.82 Å². The molecule has 0 aromatic carbocycles. The van der Waals surface area contributed by atoms with Gasteiger partial charge in [-0.2, -0.15) is 5.26 Å². The molecular formula is C12H15N3O2. The highest BCUT2D eigenvalue weighted by Crippen LogP contribution is 2.26. The number of rotatable bonds is 3. The Morgan fingerprint density at radius 2 is 2.53 bits per heavy atom. The number of anilines is 1. The van der Waals surface area contributed by atoms with Crippen LogP contribution in [0.5, 0.6) is 5.75 Å². The quantitative estimate of drug-likeness (QED) is 0.835. The fraction of sp³-hybridized carbons (Fsp3) is 0.500. The van der Waals surface area contributed by atoms with Crippen molar-refractivity contribution in [3.63, 3.8) is 0 Å². The van der Waals surface area contributed by atoms with Crippen molar-refractivity contribution in [1.82, 2.24) is 4.98 Å². The van der Waals surface area contributed by atoms with E-state index in [-0.39, 0.29) is 6.61 Å². The first-order valence-corrected chi connectivity index (χ1v) is 5.58. The van der Waals surface area contributed by atoms with Gasteiger partial charge in [0.15, 0.2) is 0 Å². The van der Waals surface area contributed by atoms with Crippen molar-refractivity contribution in [2.75, 3.05) is 31.7 Å². The lowest BCUT2D eigenvalue weighted by molar-refractivity contribution is 0.238. The standard InChI is InChI=1S/C12H15N3O2/c1-17-11-4-12(14-6-10(11)5-13)15-3-2-9(7-15)8-16/h4,6,9,16H,2-3,7-8H2,1H3. The second kappa shape index (κ2) is 5.02. The zero-order chi connectivity index (χ0) is 12.3. The molecule has 1 unspecified atom stereocenters. The molecule has 1 aromatic heterocycles. The smallest absolute Gasteiger partial charge is 0.141 e. The largest absolute Gasteiger partial charge is 0.495 e. The van der Waals surface area contributed by atoms with Gasteiger partial charge < -0.3 is 14.7 Å². The summed E-state index contributed by atoms with van der Waals surface area (Å²) in [6, 6.07) is 3.81. The molecule has 1 fully saturated rings. The van der Waals surface area contributed by atoms with E-state index in [4.69, 9.17) is 15.1 Å². The molecule has 1 N–H and O–H groups in total. The molecule has 17 heavy (non-hydrogen) atoms. The third-order valence-electron chi connectivity index (χ3n) is 3.06. The SMILES string of the molecule is COc1cc(N2CCC(CO)C2)ncc1C#N. The normalized spacial score (nSPS) is 19.1. The Morgan fingerprint density at radius 1 is 1.71 bits per heavy atom. The van der Waals surface area contributed by atoms with Gasteiger partial charge in [-0.1, -0.05) is 0 Å². The molecule has 5 nitrogen and oxygen atoms in total. The Kier molecular flexibility index (Phi) is 3.45. The lowest BCUT2D eigenvalue weighted by atomic mass is 10.1. The van der Waals surface area contributed by atoms with E-state index in [1.165, 1.54) is 6.20 Å². The van der Waals surface area contributed by atoms with Gasteiger partial charge in [-0.05, 0) is 6.42 Å². The lowest BCUT2D eigenvalue weighted by Crippen LogP contribution is -2.21. The molecule has 1 aliphatic heterocycles. The van der Waals surface area contributed by atoms with Gasteiger partial charge in [0, 0.05) is 31.7 Å². The number of aromatic nitrogens is 1. The molecule has 2 heterocycles. The first kappa shape index (κ1) is 11.7. The topological polar surface area (TPSA) is 69.4 Å². The van der Waals surface area contributed by atoms with Crippen LogP contribution in [0.15, 0.2) is 12.3 Å². The van der Waals surface area contributed by atoms with Crippen LogP contribution in [-0.2, 0) is 0 Å². The molecule has 0 saturated carbocycles. The summed E-state index contributed by atoms with van der Waals surface area (Å²) in [4.78, 5) is 6.35. The minimum atomic E-state index is 0.212. The number of methoxy groups -OCH3 is 1. The molecular weight excluding hydrogens is 218 g/mol. The number of aliphatic hydroxyl groups is 1. The predicted molar refractivity (Wildman–Crippen MR) is 62.9 cm³/mol. The van der Waals surface area contributed by atoms with Crippen LogP contribution in [0, 0.1) is 17.2 Å². The van der Waals surface area contributed by atoms with Gasteiger partial charge in [0.05, 0.1) is 13.3 Å². The van der Waals surface area contributed by atoms with E-state index >= 15 is 0 Å². The number of aliphatic hydroxyl groups excluding tert-OH is 1. The van der Waals surface area contributed by atoms with Crippen LogP contribution < -0.4 is 9.64 Å². The Hall–Kier alpha value is -1.80. The fourth-order valence-electron chi connectivity index (χ4n) is 2.04. The molecule has 5 heteroatoms. The minimum Gasteiger partial charge on any atom is -0.495 e. The van der Waals surface area contributed by atoms with Crippen molar-refractivity contribution >= 4 is 5.82 Å². The summed E-state index contributed by atoms with van der Waals surface area (Å²) < 4.78 is 5.15. The summed E-state index contributed by atoms with van der Waals surface area (Å²) in [5.41, 5.74) is 0.439. The highest BCUT2D eigenvalue weighted by Gasteiger charge is 2.23. The summed E-state index contributed by atoms with van der Waals surface area (Å²) in [5.74, 6) is 1.67. The maximum atomic E-state index is 9.10. The number of nitrogens with zero attached hydrogens (tertiary/aromatic N) is 3. The highest BCUT2D eigenvalue weighted by atomic mass is 16.5. The van der Waals surface area contributed by atoms with E-state index in [1.54, 1.807) is 13.2 Å². The summed E-state index contributed by atoms with van der Waals surface area (Å²) in [5, 5.41) is 18.0. The van der Waals surface area contributed by atoms with Crippen LogP contribution in [0.25, 0.3) is 0 Å². The van der Waals surface area contributed by atoms with E-state index in [0.29, 0.717) is 17.2 Å². The second-order valence-electron chi connectivity index (χ2n) is 4.14. The maximum absolute atomic E-state index is 9.10. The van der Waals surface area contributed by atoms with Crippen molar-refractivity contribution < 1.29 is 9.84 Å². The monoisotopic (exact) mass is 233 g/mol. The average Bonchev–Trinajstić information content (AvgIpc) is 2.86. The van der Waals surface area contributed by atoms with E-state index in [9.17, 15) is 0 Å². The lowest BCUT2D eigenvalue weighted by Gasteiger charge is -2.17. The van der Waals surface area contributed by atoms with E-state index in [1.807, 2.05) is 6.07 Å². The summed E-state index contributed by atoms with van der Waals surface area (Å²) in [6.45, 7) is 1.90. The minimum absolute atomic E-state index is 0.212. The Labute approximate surface area is 100 Å².